The minimum atomic E-state index is -0.215. The predicted molar refractivity (Wildman–Crippen MR) is 125 cm³/mol. The highest BCUT2D eigenvalue weighted by Crippen LogP contribution is 2.38. The van der Waals surface area contributed by atoms with Crippen LogP contribution < -0.4 is 0 Å². The Morgan fingerprint density at radius 2 is 1.84 bits per heavy atom. The molecule has 0 atom stereocenters. The van der Waals surface area contributed by atoms with Gasteiger partial charge in [-0.1, -0.05) is 29.3 Å². The zero-order valence-electron chi connectivity index (χ0n) is 18.6. The van der Waals surface area contributed by atoms with Crippen LogP contribution in [0.2, 0.25) is 5.02 Å². The highest BCUT2D eigenvalue weighted by atomic mass is 35.5. The minimum Gasteiger partial charge on any atom is -0.468 e. The summed E-state index contributed by atoms with van der Waals surface area (Å²) in [7, 11) is 0. The van der Waals surface area contributed by atoms with Gasteiger partial charge in [-0.05, 0) is 74.4 Å². The van der Waals surface area contributed by atoms with E-state index >= 15 is 0 Å². The second-order valence-electron chi connectivity index (χ2n) is 7.53. The number of ether oxygens (including phenoxy) is 2. The molecule has 1 saturated heterocycles. The highest BCUT2D eigenvalue weighted by Gasteiger charge is 2.26. The molecule has 7 heteroatoms. The summed E-state index contributed by atoms with van der Waals surface area (Å²) in [6.45, 7) is 6.28. The zero-order valence-corrected chi connectivity index (χ0v) is 19.4. The lowest BCUT2D eigenvalue weighted by Gasteiger charge is -2.29. The van der Waals surface area contributed by atoms with Crippen LogP contribution >= 0.6 is 11.6 Å². The van der Waals surface area contributed by atoms with Crippen LogP contribution in [0.3, 0.4) is 0 Å². The lowest BCUT2D eigenvalue weighted by molar-refractivity contribution is -0.128. The van der Waals surface area contributed by atoms with Crippen molar-refractivity contribution in [2.24, 2.45) is 0 Å². The van der Waals surface area contributed by atoms with E-state index in [1.807, 2.05) is 25.3 Å². The first-order valence-corrected chi connectivity index (χ1v) is 11.4. The van der Waals surface area contributed by atoms with Crippen molar-refractivity contribution in [1.29, 1.82) is 0 Å². The van der Waals surface area contributed by atoms with Gasteiger partial charge in [0.2, 0.25) is 0 Å². The van der Waals surface area contributed by atoms with Crippen LogP contribution in [0.4, 0.5) is 4.79 Å². The molecule has 170 valence electrons. The fraction of sp³-hybridized carbons (Fsp3) is 0.400. The zero-order chi connectivity index (χ0) is 22.9. The smallest absolute Gasteiger partial charge is 0.409 e. The van der Waals surface area contributed by atoms with E-state index in [0.717, 1.165) is 36.4 Å². The van der Waals surface area contributed by atoms with Crippen molar-refractivity contribution in [2.75, 3.05) is 26.3 Å². The van der Waals surface area contributed by atoms with Crippen molar-refractivity contribution in [3.63, 3.8) is 0 Å². The van der Waals surface area contributed by atoms with Gasteiger partial charge in [0.15, 0.2) is 0 Å². The summed E-state index contributed by atoms with van der Waals surface area (Å²) in [5.74, 6) is 0. The molecule has 32 heavy (non-hydrogen) atoms. The largest absolute Gasteiger partial charge is 0.468 e. The average Bonchev–Trinajstić information content (AvgIpc) is 2.97. The van der Waals surface area contributed by atoms with Gasteiger partial charge in [0.05, 0.1) is 18.9 Å². The van der Waals surface area contributed by atoms with E-state index in [-0.39, 0.29) is 6.09 Å². The normalized spacial score (nSPS) is 14.9. The van der Waals surface area contributed by atoms with Gasteiger partial charge in [-0.15, -0.1) is 0 Å². The molecule has 1 fully saturated rings. The Labute approximate surface area is 194 Å². The molecule has 0 radical (unpaired) electrons. The summed E-state index contributed by atoms with van der Waals surface area (Å²) in [5.41, 5.74) is 7.46. The molecular formula is C25H29ClN2O4. The van der Waals surface area contributed by atoms with Gasteiger partial charge in [-0.2, -0.15) is 0 Å². The topological polar surface area (TPSA) is 68.7 Å². The van der Waals surface area contributed by atoms with Crippen LogP contribution in [0.15, 0.2) is 42.1 Å². The number of benzene rings is 1. The van der Waals surface area contributed by atoms with Crippen LogP contribution in [-0.4, -0.2) is 48.8 Å². The van der Waals surface area contributed by atoms with E-state index in [4.69, 9.17) is 21.3 Å². The Balaban J connectivity index is 0.000000523. The monoisotopic (exact) mass is 456 g/mol. The van der Waals surface area contributed by atoms with Gasteiger partial charge in [0.25, 0.3) is 6.47 Å². The second-order valence-corrected chi connectivity index (χ2v) is 7.97. The Hall–Kier alpha value is -2.86. The maximum absolute atomic E-state index is 12.0. The summed E-state index contributed by atoms with van der Waals surface area (Å²) in [6.07, 6.45) is 5.25. The minimum absolute atomic E-state index is 0.215. The number of rotatable bonds is 3. The van der Waals surface area contributed by atoms with E-state index in [0.29, 0.717) is 32.8 Å². The van der Waals surface area contributed by atoms with Crippen molar-refractivity contribution in [1.82, 2.24) is 9.88 Å². The molecule has 0 N–H and O–H groups in total. The summed E-state index contributed by atoms with van der Waals surface area (Å²) in [5, 5.41) is 0.772. The molecule has 1 aliphatic heterocycles. The van der Waals surface area contributed by atoms with Gasteiger partial charge < -0.3 is 14.4 Å². The highest BCUT2D eigenvalue weighted by molar-refractivity contribution is 6.30. The maximum Gasteiger partial charge on any atom is 0.409 e. The maximum atomic E-state index is 12.0. The molecule has 0 saturated carbocycles. The molecule has 1 aromatic carbocycles. The average molecular weight is 457 g/mol. The molecule has 2 aromatic rings. The summed E-state index contributed by atoms with van der Waals surface area (Å²) < 4.78 is 9.30. The van der Waals surface area contributed by atoms with Crippen LogP contribution in [-0.2, 0) is 27.1 Å². The van der Waals surface area contributed by atoms with Gasteiger partial charge >= 0.3 is 6.09 Å². The fourth-order valence-electron chi connectivity index (χ4n) is 4.13. The Kier molecular flexibility index (Phi) is 8.68. The number of pyridine rings is 1. The molecular weight excluding hydrogens is 428 g/mol. The number of carbonyl (C=O) groups excluding carboxylic acids is 2. The Morgan fingerprint density at radius 3 is 2.50 bits per heavy atom. The van der Waals surface area contributed by atoms with E-state index < -0.39 is 0 Å². The van der Waals surface area contributed by atoms with Crippen LogP contribution in [0.25, 0.3) is 5.57 Å². The van der Waals surface area contributed by atoms with Gasteiger partial charge in [-0.3, -0.25) is 9.78 Å². The molecule has 0 spiro atoms. The van der Waals surface area contributed by atoms with Gasteiger partial charge in [-0.25, -0.2) is 4.79 Å². The summed E-state index contributed by atoms with van der Waals surface area (Å²) >= 11 is 6.27. The van der Waals surface area contributed by atoms with Crippen molar-refractivity contribution >= 4 is 29.7 Å². The molecule has 2 aliphatic rings. The van der Waals surface area contributed by atoms with Gasteiger partial charge in [0.1, 0.15) is 0 Å². The molecule has 4 rings (SSSR count). The lowest BCUT2D eigenvalue weighted by Crippen LogP contribution is -2.37. The van der Waals surface area contributed by atoms with E-state index in [1.165, 1.54) is 27.8 Å². The van der Waals surface area contributed by atoms with Crippen molar-refractivity contribution in [3.05, 3.63) is 69.5 Å². The number of aryl methyl sites for hydroxylation is 2. The number of halogens is 1. The van der Waals surface area contributed by atoms with Crippen LogP contribution in [0, 0.1) is 0 Å². The standard InChI is InChI=1S/C22H23ClN2O2.C3H6O2/c1-2-27-22(26)25-12-9-15(10-13-25)20-19-8-7-18(23)14-17(19)6-5-16-4-3-11-24-21(16)20;1-2-5-3-4/h3-4,7-8,11,14H,2,5-6,9-10,12-13H2,1H3;3H,2H2,1H3. The lowest BCUT2D eigenvalue weighted by atomic mass is 9.88. The number of carbonyl (C=O) groups is 2. The Bertz CT molecular complexity index is 980. The first-order valence-electron chi connectivity index (χ1n) is 11.0. The quantitative estimate of drug-likeness (QED) is 0.603. The third-order valence-electron chi connectivity index (χ3n) is 5.61. The molecule has 6 nitrogen and oxygen atoms in total. The number of hydrogen-bond donors (Lipinski definition) is 0. The summed E-state index contributed by atoms with van der Waals surface area (Å²) in [6, 6.07) is 10.3. The molecule has 1 aliphatic carbocycles. The van der Waals surface area contributed by atoms with Crippen molar-refractivity contribution < 1.29 is 19.1 Å². The number of hydrogen-bond acceptors (Lipinski definition) is 5. The third-order valence-corrected chi connectivity index (χ3v) is 5.84. The number of piperidine rings is 1. The number of nitrogens with zero attached hydrogens (tertiary/aromatic N) is 2. The van der Waals surface area contributed by atoms with E-state index in [2.05, 4.69) is 22.9 Å². The first-order chi connectivity index (χ1) is 15.6. The second kappa shape index (κ2) is 11.7. The molecule has 0 bridgehead atoms. The molecule has 0 unspecified atom stereocenters. The number of amides is 1. The number of fused-ring (bicyclic) bond motifs is 2. The predicted octanol–water partition coefficient (Wildman–Crippen LogP) is 5.07. The summed E-state index contributed by atoms with van der Waals surface area (Å²) in [4.78, 5) is 27.8. The molecule has 2 heterocycles. The van der Waals surface area contributed by atoms with Crippen LogP contribution in [0.1, 0.15) is 49.1 Å². The van der Waals surface area contributed by atoms with Crippen LogP contribution in [0.5, 0.6) is 0 Å². The third kappa shape index (κ3) is 5.68. The van der Waals surface area contributed by atoms with E-state index in [1.54, 1.807) is 11.8 Å². The number of likely N-dealkylation sites (tertiary alicyclic amines) is 1. The van der Waals surface area contributed by atoms with E-state index in [9.17, 15) is 9.59 Å². The van der Waals surface area contributed by atoms with Crippen molar-refractivity contribution in [3.8, 4) is 0 Å². The Morgan fingerprint density at radius 1 is 1.09 bits per heavy atom. The SMILES string of the molecule is CCOC(=O)N1CCC(=C2c3ccc(Cl)cc3CCc3cccnc32)CC1.CCOC=O. The fourth-order valence-corrected chi connectivity index (χ4v) is 4.32. The first kappa shape index (κ1) is 23.8. The number of aromatic nitrogens is 1. The molecule has 1 amide bonds. The van der Waals surface area contributed by atoms with Gasteiger partial charge in [0, 0.05) is 29.9 Å². The molecule has 1 aromatic heterocycles. The van der Waals surface area contributed by atoms with Crippen molar-refractivity contribution in [2.45, 2.75) is 39.5 Å².